The summed E-state index contributed by atoms with van der Waals surface area (Å²) in [6, 6.07) is 0.142. The summed E-state index contributed by atoms with van der Waals surface area (Å²) in [6.45, 7) is 4.87. The van der Waals surface area contributed by atoms with Crippen LogP contribution in [-0.4, -0.2) is 34.6 Å². The standard InChI is InChI=1S/C13H22N4O/c1-11(9-17-6-5-15-10-17)16-13(18)7-12-3-2-4-14-8-12/h5-6,10-12,14H,2-4,7-9H2,1H3,(H,16,18). The molecule has 0 aromatic carbocycles. The third-order valence-corrected chi connectivity index (χ3v) is 3.32. The molecular formula is C13H22N4O. The number of carbonyl (C=O) groups is 1. The molecule has 1 fully saturated rings. The van der Waals surface area contributed by atoms with Crippen LogP contribution in [0.2, 0.25) is 0 Å². The normalized spacial score (nSPS) is 21.5. The predicted molar refractivity (Wildman–Crippen MR) is 70.0 cm³/mol. The van der Waals surface area contributed by atoms with E-state index in [9.17, 15) is 4.79 Å². The van der Waals surface area contributed by atoms with Crippen LogP contribution < -0.4 is 10.6 Å². The SMILES string of the molecule is CC(Cn1ccnc1)NC(=O)CC1CCCNC1. The molecule has 1 aliphatic heterocycles. The van der Waals surface area contributed by atoms with Crippen molar-refractivity contribution in [3.05, 3.63) is 18.7 Å². The van der Waals surface area contributed by atoms with Crippen molar-refractivity contribution >= 4 is 5.91 Å². The summed E-state index contributed by atoms with van der Waals surface area (Å²) < 4.78 is 1.98. The van der Waals surface area contributed by atoms with E-state index in [0.717, 1.165) is 26.1 Å². The Morgan fingerprint density at radius 2 is 2.56 bits per heavy atom. The van der Waals surface area contributed by atoms with Crippen molar-refractivity contribution < 1.29 is 4.79 Å². The van der Waals surface area contributed by atoms with E-state index in [1.54, 1.807) is 12.5 Å². The van der Waals surface area contributed by atoms with Crippen LogP contribution in [0, 0.1) is 5.92 Å². The van der Waals surface area contributed by atoms with Gasteiger partial charge in [0, 0.05) is 31.4 Å². The number of imidazole rings is 1. The van der Waals surface area contributed by atoms with E-state index in [2.05, 4.69) is 15.6 Å². The van der Waals surface area contributed by atoms with E-state index in [-0.39, 0.29) is 11.9 Å². The van der Waals surface area contributed by atoms with Crippen molar-refractivity contribution in [1.82, 2.24) is 20.2 Å². The maximum Gasteiger partial charge on any atom is 0.220 e. The lowest BCUT2D eigenvalue weighted by Crippen LogP contribution is -2.39. The molecule has 5 heteroatoms. The van der Waals surface area contributed by atoms with Gasteiger partial charge in [-0.25, -0.2) is 4.98 Å². The fourth-order valence-corrected chi connectivity index (χ4v) is 2.45. The smallest absolute Gasteiger partial charge is 0.220 e. The zero-order valence-electron chi connectivity index (χ0n) is 10.9. The Balaban J connectivity index is 1.69. The van der Waals surface area contributed by atoms with Crippen LogP contribution >= 0.6 is 0 Å². The minimum absolute atomic E-state index is 0.142. The first-order valence-electron chi connectivity index (χ1n) is 6.70. The van der Waals surface area contributed by atoms with Gasteiger partial charge in [-0.05, 0) is 38.8 Å². The highest BCUT2D eigenvalue weighted by molar-refractivity contribution is 5.76. The molecule has 0 spiro atoms. The predicted octanol–water partition coefficient (Wildman–Crippen LogP) is 0.777. The van der Waals surface area contributed by atoms with Gasteiger partial charge in [0.1, 0.15) is 0 Å². The number of amides is 1. The fraction of sp³-hybridized carbons (Fsp3) is 0.692. The number of aromatic nitrogens is 2. The van der Waals surface area contributed by atoms with Gasteiger partial charge in [0.25, 0.3) is 0 Å². The molecule has 2 atom stereocenters. The summed E-state index contributed by atoms with van der Waals surface area (Å²) in [4.78, 5) is 15.9. The van der Waals surface area contributed by atoms with E-state index in [1.807, 2.05) is 17.7 Å². The number of nitrogens with zero attached hydrogens (tertiary/aromatic N) is 2. The van der Waals surface area contributed by atoms with Crippen molar-refractivity contribution in [1.29, 1.82) is 0 Å². The average molecular weight is 250 g/mol. The van der Waals surface area contributed by atoms with Crippen LogP contribution in [0.4, 0.5) is 0 Å². The molecule has 2 heterocycles. The highest BCUT2D eigenvalue weighted by Crippen LogP contribution is 2.13. The number of piperidine rings is 1. The molecule has 1 aliphatic rings. The first kappa shape index (κ1) is 13.1. The first-order valence-corrected chi connectivity index (χ1v) is 6.70. The molecule has 1 aromatic rings. The van der Waals surface area contributed by atoms with Gasteiger partial charge in [0.05, 0.1) is 6.33 Å². The Labute approximate surface area is 108 Å². The van der Waals surface area contributed by atoms with Crippen LogP contribution in [0.5, 0.6) is 0 Å². The lowest BCUT2D eigenvalue weighted by Gasteiger charge is -2.23. The monoisotopic (exact) mass is 250 g/mol. The van der Waals surface area contributed by atoms with E-state index >= 15 is 0 Å². The number of hydrogen-bond acceptors (Lipinski definition) is 3. The molecular weight excluding hydrogens is 228 g/mol. The number of hydrogen-bond donors (Lipinski definition) is 2. The maximum atomic E-state index is 11.9. The molecule has 100 valence electrons. The average Bonchev–Trinajstić information content (AvgIpc) is 2.82. The zero-order chi connectivity index (χ0) is 12.8. The lowest BCUT2D eigenvalue weighted by atomic mass is 9.96. The van der Waals surface area contributed by atoms with Gasteiger partial charge < -0.3 is 15.2 Å². The Kier molecular flexibility index (Phi) is 4.75. The van der Waals surface area contributed by atoms with E-state index in [1.165, 1.54) is 6.42 Å². The van der Waals surface area contributed by atoms with Crippen LogP contribution in [0.3, 0.4) is 0 Å². The molecule has 1 aromatic heterocycles. The second-order valence-electron chi connectivity index (χ2n) is 5.14. The molecule has 0 radical (unpaired) electrons. The Bertz CT molecular complexity index is 357. The highest BCUT2D eigenvalue weighted by Gasteiger charge is 2.17. The molecule has 18 heavy (non-hydrogen) atoms. The van der Waals surface area contributed by atoms with Crippen molar-refractivity contribution in [2.24, 2.45) is 5.92 Å². The second-order valence-corrected chi connectivity index (χ2v) is 5.14. The molecule has 2 N–H and O–H groups in total. The van der Waals surface area contributed by atoms with Crippen molar-refractivity contribution in [2.45, 2.75) is 38.8 Å². The molecule has 0 aliphatic carbocycles. The number of carbonyl (C=O) groups excluding carboxylic acids is 1. The zero-order valence-corrected chi connectivity index (χ0v) is 10.9. The molecule has 5 nitrogen and oxygen atoms in total. The Morgan fingerprint density at radius 1 is 1.67 bits per heavy atom. The molecule has 0 saturated carbocycles. The second kappa shape index (κ2) is 6.54. The molecule has 1 amide bonds. The van der Waals surface area contributed by atoms with Gasteiger partial charge >= 0.3 is 0 Å². The van der Waals surface area contributed by atoms with Crippen molar-refractivity contribution in [2.75, 3.05) is 13.1 Å². The van der Waals surface area contributed by atoms with E-state index < -0.39 is 0 Å². The molecule has 0 bridgehead atoms. The van der Waals surface area contributed by atoms with Crippen LogP contribution in [0.1, 0.15) is 26.2 Å². The summed E-state index contributed by atoms with van der Waals surface area (Å²) in [5.41, 5.74) is 0. The largest absolute Gasteiger partial charge is 0.352 e. The summed E-state index contributed by atoms with van der Waals surface area (Å²) >= 11 is 0. The third kappa shape index (κ3) is 4.14. The fourth-order valence-electron chi connectivity index (χ4n) is 2.45. The van der Waals surface area contributed by atoms with Crippen LogP contribution in [0.15, 0.2) is 18.7 Å². The molecule has 2 unspecified atom stereocenters. The lowest BCUT2D eigenvalue weighted by molar-refractivity contribution is -0.122. The third-order valence-electron chi connectivity index (χ3n) is 3.32. The van der Waals surface area contributed by atoms with E-state index in [0.29, 0.717) is 12.3 Å². The van der Waals surface area contributed by atoms with Gasteiger partial charge in [-0.2, -0.15) is 0 Å². The first-order chi connectivity index (χ1) is 8.74. The van der Waals surface area contributed by atoms with Crippen LogP contribution in [-0.2, 0) is 11.3 Å². The van der Waals surface area contributed by atoms with Crippen molar-refractivity contribution in [3.63, 3.8) is 0 Å². The summed E-state index contributed by atoms with van der Waals surface area (Å²) in [6.07, 6.45) is 8.42. The minimum Gasteiger partial charge on any atom is -0.352 e. The quantitative estimate of drug-likeness (QED) is 0.812. The summed E-state index contributed by atoms with van der Waals surface area (Å²) in [5.74, 6) is 0.663. The topological polar surface area (TPSA) is 59.0 Å². The molecule has 1 saturated heterocycles. The minimum atomic E-state index is 0.142. The molecule has 2 rings (SSSR count). The van der Waals surface area contributed by atoms with Gasteiger partial charge in [-0.15, -0.1) is 0 Å². The summed E-state index contributed by atoms with van der Waals surface area (Å²) in [7, 11) is 0. The number of rotatable bonds is 5. The van der Waals surface area contributed by atoms with Gasteiger partial charge in [-0.1, -0.05) is 0 Å². The number of nitrogens with one attached hydrogen (secondary N) is 2. The Morgan fingerprint density at radius 3 is 3.22 bits per heavy atom. The van der Waals surface area contributed by atoms with Gasteiger partial charge in [0.15, 0.2) is 0 Å². The van der Waals surface area contributed by atoms with Crippen LogP contribution in [0.25, 0.3) is 0 Å². The van der Waals surface area contributed by atoms with Crippen molar-refractivity contribution in [3.8, 4) is 0 Å². The summed E-state index contributed by atoms with van der Waals surface area (Å²) in [5, 5.41) is 6.39. The van der Waals surface area contributed by atoms with Gasteiger partial charge in [0.2, 0.25) is 5.91 Å². The maximum absolute atomic E-state index is 11.9. The Hall–Kier alpha value is -1.36. The highest BCUT2D eigenvalue weighted by atomic mass is 16.1. The van der Waals surface area contributed by atoms with Gasteiger partial charge in [-0.3, -0.25) is 4.79 Å². The van der Waals surface area contributed by atoms with E-state index in [4.69, 9.17) is 0 Å².